The predicted molar refractivity (Wildman–Crippen MR) is 71.0 cm³/mol. The Morgan fingerprint density at radius 1 is 1.06 bits per heavy atom. The van der Waals surface area contributed by atoms with E-state index in [2.05, 4.69) is 16.9 Å². The second-order valence-corrected chi connectivity index (χ2v) is 4.56. The fourth-order valence-corrected chi connectivity index (χ4v) is 2.20. The Bertz CT molecular complexity index is 485. The average molecular weight is 243 g/mol. The molecule has 0 fully saturated rings. The molecule has 0 spiro atoms. The van der Waals surface area contributed by atoms with Crippen LogP contribution in [0.5, 0.6) is 0 Å². The first-order valence-corrected chi connectivity index (χ1v) is 6.19. The van der Waals surface area contributed by atoms with Gasteiger partial charge in [0.1, 0.15) is 6.29 Å². The van der Waals surface area contributed by atoms with Crippen molar-refractivity contribution in [1.82, 2.24) is 4.72 Å². The van der Waals surface area contributed by atoms with Gasteiger partial charge in [0.05, 0.1) is 0 Å². The number of hydrogen-bond donors (Lipinski definition) is 1. The van der Waals surface area contributed by atoms with E-state index >= 15 is 0 Å². The van der Waals surface area contributed by atoms with Gasteiger partial charge in [0, 0.05) is 17.0 Å². The van der Waals surface area contributed by atoms with Crippen molar-refractivity contribution in [2.24, 2.45) is 0 Å². The summed E-state index contributed by atoms with van der Waals surface area (Å²) in [5, 5.41) is 0. The topological polar surface area (TPSA) is 29.1 Å². The summed E-state index contributed by atoms with van der Waals surface area (Å²) in [7, 11) is 0. The molecule has 2 aromatic rings. The number of rotatable bonds is 5. The molecule has 17 heavy (non-hydrogen) atoms. The first-order valence-electron chi connectivity index (χ1n) is 5.37. The molecule has 86 valence electrons. The van der Waals surface area contributed by atoms with E-state index in [4.69, 9.17) is 0 Å². The molecule has 0 saturated carbocycles. The Morgan fingerprint density at radius 2 is 1.88 bits per heavy atom. The highest BCUT2D eigenvalue weighted by Crippen LogP contribution is 2.16. The summed E-state index contributed by atoms with van der Waals surface area (Å²) in [6.07, 6.45) is 0.862. The van der Waals surface area contributed by atoms with Gasteiger partial charge in [-0.05, 0) is 29.6 Å². The zero-order valence-electron chi connectivity index (χ0n) is 9.30. The van der Waals surface area contributed by atoms with Crippen LogP contribution in [0, 0.1) is 0 Å². The van der Waals surface area contributed by atoms with Crippen LogP contribution in [0.4, 0.5) is 0 Å². The molecule has 0 radical (unpaired) electrons. The minimum Gasteiger partial charge on any atom is -0.298 e. The zero-order chi connectivity index (χ0) is 11.9. The summed E-state index contributed by atoms with van der Waals surface area (Å²) < 4.78 is 3.27. The number of benzene rings is 2. The molecule has 0 aliphatic rings. The van der Waals surface area contributed by atoms with Crippen molar-refractivity contribution in [3.8, 4) is 0 Å². The van der Waals surface area contributed by atoms with Gasteiger partial charge in [-0.15, -0.1) is 0 Å². The van der Waals surface area contributed by atoms with Gasteiger partial charge < -0.3 is 0 Å². The smallest absolute Gasteiger partial charge is 0.150 e. The van der Waals surface area contributed by atoms with Gasteiger partial charge in [-0.3, -0.25) is 9.52 Å². The van der Waals surface area contributed by atoms with Crippen molar-refractivity contribution < 1.29 is 4.79 Å². The Morgan fingerprint density at radius 3 is 2.65 bits per heavy atom. The van der Waals surface area contributed by atoms with Gasteiger partial charge >= 0.3 is 0 Å². The van der Waals surface area contributed by atoms with Crippen LogP contribution < -0.4 is 4.72 Å². The molecular weight excluding hydrogens is 230 g/mol. The van der Waals surface area contributed by atoms with Crippen molar-refractivity contribution in [2.75, 3.05) is 0 Å². The third kappa shape index (κ3) is 3.73. The molecule has 0 bridgehead atoms. The lowest BCUT2D eigenvalue weighted by Gasteiger charge is -2.04. The van der Waals surface area contributed by atoms with Gasteiger partial charge in [0.15, 0.2) is 0 Å². The van der Waals surface area contributed by atoms with Crippen LogP contribution in [0.25, 0.3) is 0 Å². The summed E-state index contributed by atoms with van der Waals surface area (Å²) in [4.78, 5) is 11.7. The monoisotopic (exact) mass is 243 g/mol. The van der Waals surface area contributed by atoms with Crippen LogP contribution in [0.3, 0.4) is 0 Å². The van der Waals surface area contributed by atoms with Crippen molar-refractivity contribution in [3.05, 3.63) is 65.7 Å². The summed E-state index contributed by atoms with van der Waals surface area (Å²) in [5.74, 6) is 0. The van der Waals surface area contributed by atoms with E-state index in [0.29, 0.717) is 5.56 Å². The van der Waals surface area contributed by atoms with E-state index < -0.39 is 0 Å². The van der Waals surface area contributed by atoms with Gasteiger partial charge in [0.25, 0.3) is 0 Å². The number of hydrogen-bond acceptors (Lipinski definition) is 3. The normalized spacial score (nSPS) is 10.1. The maximum absolute atomic E-state index is 10.6. The predicted octanol–water partition coefficient (Wildman–Crippen LogP) is 3.30. The van der Waals surface area contributed by atoms with Crippen LogP contribution in [-0.2, 0) is 6.54 Å². The molecule has 0 aliphatic heterocycles. The summed E-state index contributed by atoms with van der Waals surface area (Å²) in [5.41, 5.74) is 1.95. The average Bonchev–Trinajstić information content (AvgIpc) is 2.40. The second-order valence-electron chi connectivity index (χ2n) is 3.60. The van der Waals surface area contributed by atoms with Crippen molar-refractivity contribution >= 4 is 18.2 Å². The number of carbonyl (C=O) groups is 1. The SMILES string of the molecule is O=Cc1cccc(SNCc2ccccc2)c1. The number of nitrogens with one attached hydrogen (secondary N) is 1. The summed E-state index contributed by atoms with van der Waals surface area (Å²) in [6, 6.07) is 17.7. The highest BCUT2D eigenvalue weighted by Gasteiger charge is 1.96. The molecule has 2 aromatic carbocycles. The fourth-order valence-electron chi connectivity index (χ4n) is 1.45. The van der Waals surface area contributed by atoms with Crippen molar-refractivity contribution in [1.29, 1.82) is 0 Å². The molecule has 2 nitrogen and oxygen atoms in total. The Balaban J connectivity index is 1.88. The quantitative estimate of drug-likeness (QED) is 0.645. The minimum absolute atomic E-state index is 0.705. The molecule has 0 atom stereocenters. The van der Waals surface area contributed by atoms with Crippen LogP contribution in [-0.4, -0.2) is 6.29 Å². The Hall–Kier alpha value is -1.58. The highest BCUT2D eigenvalue weighted by atomic mass is 32.2. The molecule has 0 saturated heterocycles. The minimum atomic E-state index is 0.705. The lowest BCUT2D eigenvalue weighted by Crippen LogP contribution is -2.02. The van der Waals surface area contributed by atoms with Gasteiger partial charge in [-0.1, -0.05) is 42.5 Å². The molecule has 1 N–H and O–H groups in total. The Kier molecular flexibility index (Phi) is 4.36. The lowest BCUT2D eigenvalue weighted by atomic mass is 10.2. The van der Waals surface area contributed by atoms with Crippen molar-refractivity contribution in [3.63, 3.8) is 0 Å². The maximum atomic E-state index is 10.6. The van der Waals surface area contributed by atoms with E-state index in [1.807, 2.05) is 36.4 Å². The van der Waals surface area contributed by atoms with Gasteiger partial charge in [0.2, 0.25) is 0 Å². The molecule has 0 aromatic heterocycles. The summed E-state index contributed by atoms with van der Waals surface area (Å²) in [6.45, 7) is 0.802. The second kappa shape index (κ2) is 6.23. The van der Waals surface area contributed by atoms with E-state index in [1.54, 1.807) is 6.07 Å². The molecule has 0 aliphatic carbocycles. The zero-order valence-corrected chi connectivity index (χ0v) is 10.1. The van der Waals surface area contributed by atoms with Crippen LogP contribution >= 0.6 is 11.9 Å². The largest absolute Gasteiger partial charge is 0.298 e. The van der Waals surface area contributed by atoms with Crippen LogP contribution in [0.1, 0.15) is 15.9 Å². The molecule has 0 unspecified atom stereocenters. The highest BCUT2D eigenvalue weighted by molar-refractivity contribution is 7.97. The van der Waals surface area contributed by atoms with E-state index in [-0.39, 0.29) is 0 Å². The third-order valence-electron chi connectivity index (χ3n) is 2.30. The van der Waals surface area contributed by atoms with E-state index in [0.717, 1.165) is 17.7 Å². The maximum Gasteiger partial charge on any atom is 0.150 e. The fraction of sp³-hybridized carbons (Fsp3) is 0.0714. The third-order valence-corrected chi connectivity index (χ3v) is 3.08. The van der Waals surface area contributed by atoms with Crippen LogP contribution in [0.2, 0.25) is 0 Å². The molecule has 0 amide bonds. The summed E-state index contributed by atoms with van der Waals surface area (Å²) >= 11 is 1.54. The number of aldehydes is 1. The van der Waals surface area contributed by atoms with E-state index in [9.17, 15) is 4.79 Å². The Labute approximate surface area is 105 Å². The molecule has 0 heterocycles. The first kappa shape index (κ1) is 11.9. The first-order chi connectivity index (χ1) is 8.38. The van der Waals surface area contributed by atoms with E-state index in [1.165, 1.54) is 17.5 Å². The lowest BCUT2D eigenvalue weighted by molar-refractivity contribution is 0.112. The molecular formula is C14H13NOS. The number of carbonyl (C=O) groups excluding carboxylic acids is 1. The van der Waals surface area contributed by atoms with Gasteiger partial charge in [-0.25, -0.2) is 0 Å². The molecule has 3 heteroatoms. The van der Waals surface area contributed by atoms with Crippen LogP contribution in [0.15, 0.2) is 59.5 Å². The van der Waals surface area contributed by atoms with Crippen molar-refractivity contribution in [2.45, 2.75) is 11.4 Å². The van der Waals surface area contributed by atoms with Gasteiger partial charge in [-0.2, -0.15) is 0 Å². The standard InChI is InChI=1S/C14H13NOS/c16-11-13-7-4-8-14(9-13)17-15-10-12-5-2-1-3-6-12/h1-9,11,15H,10H2. The molecule has 2 rings (SSSR count).